The number of carbonyl (C=O) groups is 1. The summed E-state index contributed by atoms with van der Waals surface area (Å²) in [7, 11) is 0. The SMILES string of the molecule is CC(C)OCC(=O)C(OC(C)C)C(COC(C)C)OC(C)C. The van der Waals surface area contributed by atoms with Gasteiger partial charge in [0.15, 0.2) is 5.78 Å². The second-order valence-corrected chi connectivity index (χ2v) is 6.54. The molecule has 0 spiro atoms. The van der Waals surface area contributed by atoms with E-state index in [9.17, 15) is 4.79 Å². The molecule has 0 saturated carbocycles. The third kappa shape index (κ3) is 10.3. The summed E-state index contributed by atoms with van der Waals surface area (Å²) in [6.45, 7) is 15.7. The highest BCUT2D eigenvalue weighted by molar-refractivity contribution is 5.85. The zero-order chi connectivity index (χ0) is 17.3. The Morgan fingerprint density at radius 1 is 0.727 bits per heavy atom. The zero-order valence-corrected chi connectivity index (χ0v) is 15.4. The topological polar surface area (TPSA) is 54.0 Å². The van der Waals surface area contributed by atoms with Gasteiger partial charge in [0, 0.05) is 0 Å². The average molecular weight is 318 g/mol. The molecule has 0 fully saturated rings. The highest BCUT2D eigenvalue weighted by atomic mass is 16.6. The van der Waals surface area contributed by atoms with Gasteiger partial charge in [0.25, 0.3) is 0 Å². The molecule has 0 rings (SSSR count). The Bertz CT molecular complexity index is 299. The number of ketones is 1. The Hall–Kier alpha value is -0.490. The van der Waals surface area contributed by atoms with Crippen molar-refractivity contribution in [1.82, 2.24) is 0 Å². The second kappa shape index (κ2) is 11.1. The van der Waals surface area contributed by atoms with Gasteiger partial charge in [-0.25, -0.2) is 0 Å². The van der Waals surface area contributed by atoms with Gasteiger partial charge in [-0.3, -0.25) is 4.79 Å². The summed E-state index contributed by atoms with van der Waals surface area (Å²) < 4.78 is 22.7. The first-order valence-electron chi connectivity index (χ1n) is 8.20. The van der Waals surface area contributed by atoms with E-state index in [-0.39, 0.29) is 36.8 Å². The fraction of sp³-hybridized carbons (Fsp3) is 0.941. The Labute approximate surface area is 135 Å². The third-order valence-corrected chi connectivity index (χ3v) is 2.67. The van der Waals surface area contributed by atoms with Gasteiger partial charge < -0.3 is 18.9 Å². The van der Waals surface area contributed by atoms with E-state index < -0.39 is 12.2 Å². The molecule has 0 aliphatic carbocycles. The lowest BCUT2D eigenvalue weighted by Gasteiger charge is -2.30. The van der Waals surface area contributed by atoms with Crippen molar-refractivity contribution in [2.24, 2.45) is 0 Å². The molecule has 0 aromatic carbocycles. The van der Waals surface area contributed by atoms with Crippen LogP contribution in [0.4, 0.5) is 0 Å². The number of hydrogen-bond donors (Lipinski definition) is 0. The standard InChI is InChI=1S/C17H34O5/c1-11(2)19-9-15(18)17(22-14(7)8)16(21-13(5)6)10-20-12(3)4/h11-14,16-17H,9-10H2,1-8H3. The quantitative estimate of drug-likeness (QED) is 0.554. The summed E-state index contributed by atoms with van der Waals surface area (Å²) in [5.41, 5.74) is 0. The third-order valence-electron chi connectivity index (χ3n) is 2.67. The van der Waals surface area contributed by atoms with Crippen LogP contribution in [0.25, 0.3) is 0 Å². The van der Waals surface area contributed by atoms with Crippen LogP contribution in [0.3, 0.4) is 0 Å². The summed E-state index contributed by atoms with van der Waals surface area (Å²) in [6.07, 6.45) is -1.14. The maximum Gasteiger partial charge on any atom is 0.189 e. The summed E-state index contributed by atoms with van der Waals surface area (Å²) in [6, 6.07) is 0. The molecule has 2 atom stereocenters. The average Bonchev–Trinajstić information content (AvgIpc) is 2.37. The number of Topliss-reactive ketones (excluding diaryl/α,β-unsaturated/α-hetero) is 1. The fourth-order valence-corrected chi connectivity index (χ4v) is 1.83. The molecule has 0 aliphatic heterocycles. The van der Waals surface area contributed by atoms with E-state index in [0.29, 0.717) is 6.61 Å². The van der Waals surface area contributed by atoms with Crippen LogP contribution in [0.15, 0.2) is 0 Å². The minimum atomic E-state index is -0.681. The van der Waals surface area contributed by atoms with Crippen LogP contribution in [0, 0.1) is 0 Å². The molecule has 0 N–H and O–H groups in total. The Balaban J connectivity index is 4.96. The predicted molar refractivity (Wildman–Crippen MR) is 87.2 cm³/mol. The molecule has 5 nitrogen and oxygen atoms in total. The van der Waals surface area contributed by atoms with E-state index in [0.717, 1.165) is 0 Å². The second-order valence-electron chi connectivity index (χ2n) is 6.54. The Kier molecular flexibility index (Phi) is 10.9. The smallest absolute Gasteiger partial charge is 0.189 e. The number of rotatable bonds is 12. The maximum atomic E-state index is 12.5. The molecule has 0 radical (unpaired) electrons. The van der Waals surface area contributed by atoms with Crippen LogP contribution in [-0.2, 0) is 23.7 Å². The highest BCUT2D eigenvalue weighted by Gasteiger charge is 2.32. The summed E-state index contributed by atoms with van der Waals surface area (Å²) in [4.78, 5) is 12.5. The number of hydrogen-bond acceptors (Lipinski definition) is 5. The van der Waals surface area contributed by atoms with Gasteiger partial charge in [-0.05, 0) is 55.4 Å². The van der Waals surface area contributed by atoms with Gasteiger partial charge in [-0.1, -0.05) is 0 Å². The molecule has 132 valence electrons. The molecule has 0 amide bonds. The summed E-state index contributed by atoms with van der Waals surface area (Å²) in [5, 5.41) is 0. The lowest BCUT2D eigenvalue weighted by atomic mass is 10.1. The van der Waals surface area contributed by atoms with Crippen LogP contribution < -0.4 is 0 Å². The lowest BCUT2D eigenvalue weighted by molar-refractivity contribution is -0.166. The minimum absolute atomic E-state index is 0.0000288. The van der Waals surface area contributed by atoms with Gasteiger partial charge in [-0.15, -0.1) is 0 Å². The predicted octanol–water partition coefficient (Wildman–Crippen LogP) is 2.99. The van der Waals surface area contributed by atoms with E-state index in [4.69, 9.17) is 18.9 Å². The Morgan fingerprint density at radius 3 is 1.64 bits per heavy atom. The molecule has 5 heteroatoms. The zero-order valence-electron chi connectivity index (χ0n) is 15.4. The van der Waals surface area contributed by atoms with Gasteiger partial charge >= 0.3 is 0 Å². The van der Waals surface area contributed by atoms with Crippen molar-refractivity contribution < 1.29 is 23.7 Å². The van der Waals surface area contributed by atoms with Crippen molar-refractivity contribution in [2.75, 3.05) is 13.2 Å². The van der Waals surface area contributed by atoms with E-state index in [1.54, 1.807) is 0 Å². The van der Waals surface area contributed by atoms with Crippen molar-refractivity contribution in [3.63, 3.8) is 0 Å². The van der Waals surface area contributed by atoms with E-state index >= 15 is 0 Å². The minimum Gasteiger partial charge on any atom is -0.376 e. The van der Waals surface area contributed by atoms with Gasteiger partial charge in [0.05, 0.1) is 31.0 Å². The molecule has 0 saturated heterocycles. The maximum absolute atomic E-state index is 12.5. The summed E-state index contributed by atoms with van der Waals surface area (Å²) in [5.74, 6) is -0.111. The van der Waals surface area contributed by atoms with Gasteiger partial charge in [0.1, 0.15) is 18.8 Å². The first-order valence-corrected chi connectivity index (χ1v) is 8.20. The molecule has 2 unspecified atom stereocenters. The van der Waals surface area contributed by atoms with Crippen LogP contribution in [0.1, 0.15) is 55.4 Å². The fourth-order valence-electron chi connectivity index (χ4n) is 1.83. The van der Waals surface area contributed by atoms with Crippen LogP contribution in [-0.4, -0.2) is 55.6 Å². The normalized spacial score (nSPS) is 15.1. The lowest BCUT2D eigenvalue weighted by Crippen LogP contribution is -2.46. The first kappa shape index (κ1) is 21.5. The van der Waals surface area contributed by atoms with Crippen molar-refractivity contribution >= 4 is 5.78 Å². The molecule has 0 aromatic heterocycles. The number of ether oxygens (including phenoxy) is 4. The highest BCUT2D eigenvalue weighted by Crippen LogP contribution is 2.13. The molecular weight excluding hydrogens is 284 g/mol. The molecule has 0 aliphatic rings. The first-order chi connectivity index (χ1) is 10.1. The van der Waals surface area contributed by atoms with Crippen molar-refractivity contribution in [3.8, 4) is 0 Å². The van der Waals surface area contributed by atoms with Crippen molar-refractivity contribution in [2.45, 2.75) is 92.0 Å². The van der Waals surface area contributed by atoms with Crippen molar-refractivity contribution in [1.29, 1.82) is 0 Å². The Morgan fingerprint density at radius 2 is 1.23 bits per heavy atom. The van der Waals surface area contributed by atoms with Crippen LogP contribution in [0.2, 0.25) is 0 Å². The van der Waals surface area contributed by atoms with Crippen LogP contribution >= 0.6 is 0 Å². The molecule has 0 bridgehead atoms. The largest absolute Gasteiger partial charge is 0.376 e. The van der Waals surface area contributed by atoms with Crippen molar-refractivity contribution in [3.05, 3.63) is 0 Å². The van der Waals surface area contributed by atoms with E-state index in [1.165, 1.54) is 0 Å². The van der Waals surface area contributed by atoms with E-state index in [2.05, 4.69) is 0 Å². The van der Waals surface area contributed by atoms with Gasteiger partial charge in [-0.2, -0.15) is 0 Å². The van der Waals surface area contributed by atoms with Gasteiger partial charge in [0.2, 0.25) is 0 Å². The molecule has 22 heavy (non-hydrogen) atoms. The van der Waals surface area contributed by atoms with E-state index in [1.807, 2.05) is 55.4 Å². The molecular formula is C17H34O5. The summed E-state index contributed by atoms with van der Waals surface area (Å²) >= 11 is 0. The number of carbonyl (C=O) groups excluding carboxylic acids is 1. The molecule has 0 aromatic rings. The monoisotopic (exact) mass is 318 g/mol. The molecule has 0 heterocycles. The van der Waals surface area contributed by atoms with Crippen LogP contribution in [0.5, 0.6) is 0 Å².